The van der Waals surface area contributed by atoms with Crippen molar-refractivity contribution in [3.63, 3.8) is 0 Å². The number of fused-ring (bicyclic) bond motifs is 3. The van der Waals surface area contributed by atoms with Crippen LogP contribution in [0.4, 0.5) is 8.78 Å². The predicted molar refractivity (Wildman–Crippen MR) is 82.1 cm³/mol. The van der Waals surface area contributed by atoms with Gasteiger partial charge in [-0.15, -0.1) is 11.8 Å². The zero-order valence-electron chi connectivity index (χ0n) is 11.7. The fourth-order valence-electron chi connectivity index (χ4n) is 2.80. The highest BCUT2D eigenvalue weighted by Crippen LogP contribution is 2.44. The van der Waals surface area contributed by atoms with Crippen molar-refractivity contribution in [1.82, 2.24) is 9.55 Å². The van der Waals surface area contributed by atoms with Crippen molar-refractivity contribution in [3.05, 3.63) is 59.4 Å². The lowest BCUT2D eigenvalue weighted by Gasteiger charge is -2.16. The summed E-state index contributed by atoms with van der Waals surface area (Å²) in [5.41, 5.74) is 1.71. The van der Waals surface area contributed by atoms with Gasteiger partial charge in [-0.05, 0) is 24.3 Å². The first kappa shape index (κ1) is 13.6. The van der Waals surface area contributed by atoms with Crippen LogP contribution >= 0.6 is 11.8 Å². The first-order chi connectivity index (χ1) is 10.7. The Bertz CT molecular complexity index is 858. The van der Waals surface area contributed by atoms with Crippen molar-refractivity contribution in [1.29, 1.82) is 0 Å². The minimum atomic E-state index is -0.532. The Balaban J connectivity index is 1.94. The summed E-state index contributed by atoms with van der Waals surface area (Å²) in [4.78, 5) is 4.55. The number of rotatable bonds is 2. The minimum Gasteiger partial charge on any atom is -0.497 e. The van der Waals surface area contributed by atoms with Gasteiger partial charge in [0.2, 0.25) is 0 Å². The molecule has 3 aromatic rings. The second-order valence-electron chi connectivity index (χ2n) is 5.05. The molecule has 1 aromatic heterocycles. The van der Waals surface area contributed by atoms with Crippen molar-refractivity contribution in [2.75, 3.05) is 7.11 Å². The lowest BCUT2D eigenvalue weighted by atomic mass is 10.2. The first-order valence-corrected chi connectivity index (χ1v) is 7.84. The van der Waals surface area contributed by atoms with Crippen LogP contribution < -0.4 is 4.74 Å². The molecule has 22 heavy (non-hydrogen) atoms. The van der Waals surface area contributed by atoms with Gasteiger partial charge in [-0.25, -0.2) is 13.8 Å². The fourth-order valence-corrected chi connectivity index (χ4v) is 4.09. The van der Waals surface area contributed by atoms with Gasteiger partial charge < -0.3 is 9.30 Å². The van der Waals surface area contributed by atoms with E-state index in [4.69, 9.17) is 4.74 Å². The molecule has 2 heterocycles. The highest BCUT2D eigenvalue weighted by Gasteiger charge is 2.31. The Kier molecular flexibility index (Phi) is 3.07. The van der Waals surface area contributed by atoms with E-state index in [1.165, 1.54) is 30.0 Å². The molecule has 2 aromatic carbocycles. The maximum atomic E-state index is 14.1. The third-order valence-corrected chi connectivity index (χ3v) is 5.01. The van der Waals surface area contributed by atoms with E-state index in [9.17, 15) is 8.78 Å². The van der Waals surface area contributed by atoms with E-state index in [-0.39, 0.29) is 5.56 Å². The number of halogens is 2. The van der Waals surface area contributed by atoms with Gasteiger partial charge in [-0.3, -0.25) is 0 Å². The number of imidazole rings is 1. The summed E-state index contributed by atoms with van der Waals surface area (Å²) in [5, 5.41) is -0.451. The second kappa shape index (κ2) is 4.98. The standard InChI is InChI=1S/C16H12F2N2OS/c1-21-9-5-6-12-13(7-9)20-14(19-12)8-22-16(20)15-10(17)3-2-4-11(15)18/h2-7,16H,8H2,1H3. The molecule has 0 bridgehead atoms. The number of methoxy groups -OCH3 is 1. The van der Waals surface area contributed by atoms with Gasteiger partial charge in [-0.1, -0.05) is 6.07 Å². The van der Waals surface area contributed by atoms with Crippen LogP contribution in [0.2, 0.25) is 0 Å². The van der Waals surface area contributed by atoms with Gasteiger partial charge in [0.1, 0.15) is 28.6 Å². The molecule has 112 valence electrons. The molecular formula is C16H12F2N2OS. The Morgan fingerprint density at radius 3 is 2.73 bits per heavy atom. The van der Waals surface area contributed by atoms with Crippen LogP contribution in [0, 0.1) is 11.6 Å². The Hall–Kier alpha value is -2.08. The molecule has 0 radical (unpaired) electrons. The third-order valence-electron chi connectivity index (χ3n) is 3.82. The first-order valence-electron chi connectivity index (χ1n) is 6.79. The number of hydrogen-bond acceptors (Lipinski definition) is 3. The van der Waals surface area contributed by atoms with Crippen LogP contribution in [0.5, 0.6) is 5.75 Å². The van der Waals surface area contributed by atoms with E-state index in [0.29, 0.717) is 11.5 Å². The van der Waals surface area contributed by atoms with Gasteiger partial charge in [0, 0.05) is 6.07 Å². The van der Waals surface area contributed by atoms with E-state index in [1.807, 2.05) is 22.8 Å². The van der Waals surface area contributed by atoms with Crippen molar-refractivity contribution in [2.24, 2.45) is 0 Å². The van der Waals surface area contributed by atoms with E-state index < -0.39 is 17.0 Å². The van der Waals surface area contributed by atoms with Crippen LogP contribution in [0.25, 0.3) is 11.0 Å². The van der Waals surface area contributed by atoms with Crippen LogP contribution in [0.3, 0.4) is 0 Å². The lowest BCUT2D eigenvalue weighted by molar-refractivity contribution is 0.415. The van der Waals surface area contributed by atoms with Crippen LogP contribution in [-0.2, 0) is 5.75 Å². The molecule has 0 N–H and O–H groups in total. The fraction of sp³-hybridized carbons (Fsp3) is 0.188. The number of nitrogens with zero attached hydrogens (tertiary/aromatic N) is 2. The highest BCUT2D eigenvalue weighted by molar-refractivity contribution is 7.99. The maximum absolute atomic E-state index is 14.1. The van der Waals surface area contributed by atoms with E-state index >= 15 is 0 Å². The van der Waals surface area contributed by atoms with Gasteiger partial charge >= 0.3 is 0 Å². The van der Waals surface area contributed by atoms with Gasteiger partial charge in [0.15, 0.2) is 0 Å². The third kappa shape index (κ3) is 1.90. The van der Waals surface area contributed by atoms with E-state index in [0.717, 1.165) is 16.9 Å². The smallest absolute Gasteiger partial charge is 0.132 e. The molecule has 6 heteroatoms. The van der Waals surface area contributed by atoms with Gasteiger partial charge in [0.05, 0.1) is 29.5 Å². The largest absolute Gasteiger partial charge is 0.497 e. The molecule has 0 fully saturated rings. The Morgan fingerprint density at radius 1 is 1.23 bits per heavy atom. The highest BCUT2D eigenvalue weighted by atomic mass is 32.2. The average molecular weight is 318 g/mol. The lowest BCUT2D eigenvalue weighted by Crippen LogP contribution is -2.08. The Morgan fingerprint density at radius 2 is 2.00 bits per heavy atom. The van der Waals surface area contributed by atoms with Crippen LogP contribution in [0.1, 0.15) is 16.8 Å². The summed E-state index contributed by atoms with van der Waals surface area (Å²) in [7, 11) is 1.59. The molecule has 0 amide bonds. The molecule has 0 saturated heterocycles. The number of thioether (sulfide) groups is 1. The molecule has 0 aliphatic carbocycles. The normalized spacial score (nSPS) is 17.0. The molecule has 1 aliphatic rings. The topological polar surface area (TPSA) is 27.1 Å². The summed E-state index contributed by atoms with van der Waals surface area (Å²) < 4.78 is 35.4. The second-order valence-corrected chi connectivity index (χ2v) is 6.12. The molecule has 4 rings (SSSR count). The maximum Gasteiger partial charge on any atom is 0.132 e. The van der Waals surface area contributed by atoms with E-state index in [1.54, 1.807) is 7.11 Å². The van der Waals surface area contributed by atoms with Crippen LogP contribution in [0.15, 0.2) is 36.4 Å². The molecule has 0 spiro atoms. The number of aromatic nitrogens is 2. The summed E-state index contributed by atoms with van der Waals surface area (Å²) in [6.07, 6.45) is 0. The predicted octanol–water partition coefficient (Wildman–Crippen LogP) is 4.12. The minimum absolute atomic E-state index is 0.0772. The van der Waals surface area contributed by atoms with Crippen molar-refractivity contribution in [2.45, 2.75) is 11.1 Å². The number of hydrogen-bond donors (Lipinski definition) is 0. The van der Waals surface area contributed by atoms with Crippen molar-refractivity contribution in [3.8, 4) is 5.75 Å². The quantitative estimate of drug-likeness (QED) is 0.711. The summed E-state index contributed by atoms with van der Waals surface area (Å²) >= 11 is 1.47. The molecule has 1 unspecified atom stereocenters. The summed E-state index contributed by atoms with van der Waals surface area (Å²) in [6.45, 7) is 0. The molecule has 3 nitrogen and oxygen atoms in total. The van der Waals surface area contributed by atoms with Crippen molar-refractivity contribution < 1.29 is 13.5 Å². The monoisotopic (exact) mass is 318 g/mol. The van der Waals surface area contributed by atoms with Crippen LogP contribution in [-0.4, -0.2) is 16.7 Å². The Labute approximate surface area is 129 Å². The van der Waals surface area contributed by atoms with Gasteiger partial charge in [0.25, 0.3) is 0 Å². The number of ether oxygens (including phenoxy) is 1. The number of benzene rings is 2. The van der Waals surface area contributed by atoms with E-state index in [2.05, 4.69) is 4.98 Å². The van der Waals surface area contributed by atoms with Crippen molar-refractivity contribution >= 4 is 22.8 Å². The molecule has 1 atom stereocenters. The molecular weight excluding hydrogens is 306 g/mol. The summed E-state index contributed by atoms with van der Waals surface area (Å²) in [5.74, 6) is 1.07. The molecule has 0 saturated carbocycles. The SMILES string of the molecule is COc1ccc2nc3n(c2c1)C(c1c(F)cccc1F)SC3. The molecule has 1 aliphatic heterocycles. The average Bonchev–Trinajstić information content (AvgIpc) is 3.06. The zero-order chi connectivity index (χ0) is 15.3. The zero-order valence-corrected chi connectivity index (χ0v) is 12.5. The van der Waals surface area contributed by atoms with Gasteiger partial charge in [-0.2, -0.15) is 0 Å². The summed E-state index contributed by atoms with van der Waals surface area (Å²) in [6, 6.07) is 9.50.